The van der Waals surface area contributed by atoms with Crippen LogP contribution in [0.25, 0.3) is 0 Å². The molecule has 1 N–H and O–H groups in total. The Labute approximate surface area is 54.1 Å². The number of hydrogen-bond donors (Lipinski definition) is 1. The van der Waals surface area contributed by atoms with Crippen LogP contribution < -0.4 is 0 Å². The molecule has 0 aliphatic heterocycles. The second-order valence-corrected chi connectivity index (χ2v) is 2.51. The molecule has 0 heterocycles. The predicted molar refractivity (Wildman–Crippen MR) is 34.5 cm³/mol. The van der Waals surface area contributed by atoms with Crippen LogP contribution in [0.2, 0.25) is 0 Å². The van der Waals surface area contributed by atoms with Gasteiger partial charge < -0.3 is 5.21 Å². The van der Waals surface area contributed by atoms with E-state index in [2.05, 4.69) is 5.16 Å². The summed E-state index contributed by atoms with van der Waals surface area (Å²) >= 11 is 5.36. The van der Waals surface area contributed by atoms with E-state index >= 15 is 0 Å². The molecule has 0 spiro atoms. The molecule has 0 aromatic heterocycles. The fraction of sp³-hybridized carbons (Fsp3) is 0.800. The molecule has 0 fully saturated rings. The van der Waals surface area contributed by atoms with Gasteiger partial charge in [0, 0.05) is 6.42 Å². The van der Waals surface area contributed by atoms with Gasteiger partial charge in [0.25, 0.3) is 0 Å². The summed E-state index contributed by atoms with van der Waals surface area (Å²) in [6.07, 6.45) is 0.651. The highest BCUT2D eigenvalue weighted by Gasteiger charge is 1.97. The first-order valence-corrected chi connectivity index (χ1v) is 2.91. The van der Waals surface area contributed by atoms with Crippen molar-refractivity contribution in [2.45, 2.75) is 20.3 Å². The van der Waals surface area contributed by atoms with Crippen LogP contribution in [0.4, 0.5) is 0 Å². The van der Waals surface area contributed by atoms with Crippen LogP contribution in [-0.2, 0) is 0 Å². The third-order valence-corrected chi connectivity index (χ3v) is 0.915. The van der Waals surface area contributed by atoms with Gasteiger partial charge >= 0.3 is 0 Å². The van der Waals surface area contributed by atoms with Crippen molar-refractivity contribution in [3.63, 3.8) is 0 Å². The Morgan fingerprint density at radius 1 is 1.75 bits per heavy atom. The second kappa shape index (κ2) is 3.72. The fourth-order valence-electron chi connectivity index (χ4n) is 0.378. The highest BCUT2D eigenvalue weighted by atomic mass is 35.5. The van der Waals surface area contributed by atoms with Gasteiger partial charge in [-0.05, 0) is 5.92 Å². The lowest BCUT2D eigenvalue weighted by Gasteiger charge is -1.97. The number of nitrogens with zero attached hydrogens (tertiary/aromatic N) is 1. The molecular weight excluding hydrogens is 126 g/mol. The number of hydrogen-bond acceptors (Lipinski definition) is 2. The number of rotatable bonds is 2. The van der Waals surface area contributed by atoms with Crippen LogP contribution in [0.15, 0.2) is 5.16 Å². The van der Waals surface area contributed by atoms with E-state index in [1.54, 1.807) is 0 Å². The van der Waals surface area contributed by atoms with Gasteiger partial charge in [-0.1, -0.05) is 30.6 Å². The SMILES string of the molecule is CC(C)CC(Cl)=NO. The first-order chi connectivity index (χ1) is 3.66. The van der Waals surface area contributed by atoms with E-state index in [0.29, 0.717) is 12.3 Å². The van der Waals surface area contributed by atoms with E-state index in [-0.39, 0.29) is 5.17 Å². The van der Waals surface area contributed by atoms with Crippen LogP contribution in [0.3, 0.4) is 0 Å². The maximum atomic E-state index is 8.04. The Balaban J connectivity index is 3.39. The zero-order valence-corrected chi connectivity index (χ0v) is 5.81. The summed E-state index contributed by atoms with van der Waals surface area (Å²) in [5.41, 5.74) is 0. The van der Waals surface area contributed by atoms with Crippen molar-refractivity contribution >= 4 is 16.8 Å². The summed E-state index contributed by atoms with van der Waals surface area (Å²) in [4.78, 5) is 0. The molecule has 0 aromatic rings. The van der Waals surface area contributed by atoms with Crippen molar-refractivity contribution in [2.75, 3.05) is 0 Å². The third-order valence-electron chi connectivity index (χ3n) is 0.685. The molecule has 0 saturated carbocycles. The van der Waals surface area contributed by atoms with Crippen LogP contribution >= 0.6 is 11.6 Å². The predicted octanol–water partition coefficient (Wildman–Crippen LogP) is 2.06. The molecule has 0 aromatic carbocycles. The Hall–Kier alpha value is -0.240. The molecule has 3 heteroatoms. The minimum atomic E-state index is 0.278. The highest BCUT2D eigenvalue weighted by Crippen LogP contribution is 2.03. The molecule has 0 atom stereocenters. The molecule has 0 radical (unpaired) electrons. The summed E-state index contributed by atoms with van der Waals surface area (Å²) in [6.45, 7) is 4.01. The monoisotopic (exact) mass is 135 g/mol. The molecule has 48 valence electrons. The van der Waals surface area contributed by atoms with E-state index in [1.165, 1.54) is 0 Å². The standard InChI is InChI=1S/C5H10ClNO/c1-4(2)3-5(6)7-8/h4,8H,3H2,1-2H3. The smallest absolute Gasteiger partial charge is 0.145 e. The normalized spacial score (nSPS) is 12.8. The van der Waals surface area contributed by atoms with Gasteiger partial charge in [-0.2, -0.15) is 0 Å². The molecule has 0 saturated heterocycles. The highest BCUT2D eigenvalue weighted by molar-refractivity contribution is 6.65. The fourth-order valence-corrected chi connectivity index (χ4v) is 0.686. The summed E-state index contributed by atoms with van der Waals surface area (Å²) in [7, 11) is 0. The molecule has 0 aliphatic rings. The average molecular weight is 136 g/mol. The molecular formula is C5H10ClNO. The molecule has 8 heavy (non-hydrogen) atoms. The zero-order valence-electron chi connectivity index (χ0n) is 5.06. The molecule has 0 unspecified atom stereocenters. The van der Waals surface area contributed by atoms with E-state index in [0.717, 1.165) is 0 Å². The Morgan fingerprint density at radius 3 is 2.38 bits per heavy atom. The van der Waals surface area contributed by atoms with E-state index in [4.69, 9.17) is 16.8 Å². The van der Waals surface area contributed by atoms with Crippen LogP contribution in [0.5, 0.6) is 0 Å². The lowest BCUT2D eigenvalue weighted by molar-refractivity contribution is 0.318. The van der Waals surface area contributed by atoms with Gasteiger partial charge in [-0.3, -0.25) is 0 Å². The minimum absolute atomic E-state index is 0.278. The maximum absolute atomic E-state index is 8.04. The van der Waals surface area contributed by atoms with Gasteiger partial charge in [0.1, 0.15) is 5.17 Å². The van der Waals surface area contributed by atoms with Crippen molar-refractivity contribution in [2.24, 2.45) is 11.1 Å². The molecule has 2 nitrogen and oxygen atoms in total. The lowest BCUT2D eigenvalue weighted by atomic mass is 10.1. The molecule has 0 amide bonds. The first kappa shape index (κ1) is 7.76. The first-order valence-electron chi connectivity index (χ1n) is 2.53. The second-order valence-electron chi connectivity index (χ2n) is 2.07. The van der Waals surface area contributed by atoms with Crippen molar-refractivity contribution in [1.29, 1.82) is 0 Å². The van der Waals surface area contributed by atoms with Crippen molar-refractivity contribution in [1.82, 2.24) is 0 Å². The lowest BCUT2D eigenvalue weighted by Crippen LogP contribution is -1.94. The Morgan fingerprint density at radius 2 is 2.25 bits per heavy atom. The topological polar surface area (TPSA) is 32.6 Å². The molecule has 0 bridgehead atoms. The van der Waals surface area contributed by atoms with Gasteiger partial charge in [0.2, 0.25) is 0 Å². The zero-order chi connectivity index (χ0) is 6.57. The minimum Gasteiger partial charge on any atom is -0.410 e. The third kappa shape index (κ3) is 3.93. The van der Waals surface area contributed by atoms with Crippen LogP contribution in [-0.4, -0.2) is 10.4 Å². The van der Waals surface area contributed by atoms with Gasteiger partial charge in [-0.25, -0.2) is 0 Å². The van der Waals surface area contributed by atoms with Gasteiger partial charge in [-0.15, -0.1) is 0 Å². The van der Waals surface area contributed by atoms with Crippen molar-refractivity contribution in [3.8, 4) is 0 Å². The number of halogens is 1. The molecule has 0 rings (SSSR count). The van der Waals surface area contributed by atoms with Gasteiger partial charge in [0.05, 0.1) is 0 Å². The Bertz CT molecular complexity index is 90.4. The van der Waals surface area contributed by atoms with Gasteiger partial charge in [0.15, 0.2) is 0 Å². The average Bonchev–Trinajstić information content (AvgIpc) is 1.65. The summed E-state index contributed by atoms with van der Waals surface area (Å²) in [5, 5.41) is 11.1. The summed E-state index contributed by atoms with van der Waals surface area (Å²) < 4.78 is 0. The summed E-state index contributed by atoms with van der Waals surface area (Å²) in [5.74, 6) is 0.457. The van der Waals surface area contributed by atoms with E-state index < -0.39 is 0 Å². The van der Waals surface area contributed by atoms with E-state index in [9.17, 15) is 0 Å². The number of oxime groups is 1. The van der Waals surface area contributed by atoms with Crippen molar-refractivity contribution in [3.05, 3.63) is 0 Å². The quantitative estimate of drug-likeness (QED) is 0.351. The summed E-state index contributed by atoms with van der Waals surface area (Å²) in [6, 6.07) is 0. The molecule has 0 aliphatic carbocycles. The van der Waals surface area contributed by atoms with Crippen LogP contribution in [0.1, 0.15) is 20.3 Å². The largest absolute Gasteiger partial charge is 0.410 e. The Kier molecular flexibility index (Phi) is 3.61. The van der Waals surface area contributed by atoms with E-state index in [1.807, 2.05) is 13.8 Å². The van der Waals surface area contributed by atoms with Crippen LogP contribution in [0, 0.1) is 5.92 Å². The maximum Gasteiger partial charge on any atom is 0.145 e. The van der Waals surface area contributed by atoms with Crippen molar-refractivity contribution < 1.29 is 5.21 Å².